The molecule has 3 aromatic rings. The molecule has 0 fully saturated rings. The van der Waals surface area contributed by atoms with E-state index in [1.807, 2.05) is 48.5 Å². The lowest BCUT2D eigenvalue weighted by molar-refractivity contribution is 0.563. The summed E-state index contributed by atoms with van der Waals surface area (Å²) < 4.78 is 6.21. The van der Waals surface area contributed by atoms with E-state index in [4.69, 9.17) is 4.42 Å². The van der Waals surface area contributed by atoms with Crippen molar-refractivity contribution < 1.29 is 4.42 Å². The predicted molar refractivity (Wildman–Crippen MR) is 75.6 cm³/mol. The third-order valence-corrected chi connectivity index (χ3v) is 3.50. The third-order valence-electron chi connectivity index (χ3n) is 2.81. The summed E-state index contributed by atoms with van der Waals surface area (Å²) in [5.74, 6) is 0. The van der Waals surface area contributed by atoms with Crippen molar-refractivity contribution in [2.45, 2.75) is 0 Å². The van der Waals surface area contributed by atoms with Crippen molar-refractivity contribution >= 4 is 26.9 Å². The van der Waals surface area contributed by atoms with Crippen molar-refractivity contribution in [2.75, 3.05) is 0 Å². The number of hydrogen-bond donors (Lipinski definition) is 0. The summed E-state index contributed by atoms with van der Waals surface area (Å²) in [5.41, 5.74) is 1.71. The zero-order valence-corrected chi connectivity index (χ0v) is 11.0. The Morgan fingerprint density at radius 3 is 2.44 bits per heavy atom. The fourth-order valence-electron chi connectivity index (χ4n) is 1.93. The van der Waals surface area contributed by atoms with Crippen molar-refractivity contribution in [1.82, 2.24) is 0 Å². The second-order valence-corrected chi connectivity index (χ2v) is 4.82. The Morgan fingerprint density at radius 1 is 0.889 bits per heavy atom. The van der Waals surface area contributed by atoms with Crippen molar-refractivity contribution in [2.24, 2.45) is 0 Å². The molecule has 0 N–H and O–H groups in total. The Morgan fingerprint density at radius 2 is 1.61 bits per heavy atom. The molecule has 1 aromatic heterocycles. The van der Waals surface area contributed by atoms with Crippen LogP contribution < -0.4 is 5.63 Å². The molecule has 3 heteroatoms. The van der Waals surface area contributed by atoms with E-state index in [1.54, 1.807) is 6.07 Å². The van der Waals surface area contributed by atoms with Gasteiger partial charge >= 0.3 is 5.63 Å². The molecule has 0 spiro atoms. The van der Waals surface area contributed by atoms with Crippen LogP contribution in [-0.4, -0.2) is 0 Å². The topological polar surface area (TPSA) is 30.2 Å². The van der Waals surface area contributed by atoms with Crippen molar-refractivity contribution in [3.8, 4) is 11.1 Å². The second-order valence-electron chi connectivity index (χ2n) is 3.97. The van der Waals surface area contributed by atoms with E-state index in [2.05, 4.69) is 15.9 Å². The molecular formula is C15H9BrO2. The number of para-hydroxylation sites is 1. The molecule has 1 heterocycles. The van der Waals surface area contributed by atoms with Gasteiger partial charge in [0.05, 0.1) is 5.56 Å². The smallest absolute Gasteiger partial charge is 0.344 e. The number of halogens is 1. The minimum Gasteiger partial charge on any atom is -0.422 e. The van der Waals surface area contributed by atoms with E-state index in [0.717, 1.165) is 15.4 Å². The molecule has 3 rings (SSSR count). The van der Waals surface area contributed by atoms with Crippen LogP contribution in [0.15, 0.2) is 68.3 Å². The van der Waals surface area contributed by atoms with Crippen LogP contribution in [0.1, 0.15) is 0 Å². The van der Waals surface area contributed by atoms with Gasteiger partial charge in [0.15, 0.2) is 0 Å². The average molecular weight is 301 g/mol. The summed E-state index contributed by atoms with van der Waals surface area (Å²) in [6.07, 6.45) is 0. The van der Waals surface area contributed by atoms with Crippen molar-refractivity contribution in [1.29, 1.82) is 0 Å². The largest absolute Gasteiger partial charge is 0.422 e. The van der Waals surface area contributed by atoms with Gasteiger partial charge in [0.1, 0.15) is 5.58 Å². The predicted octanol–water partition coefficient (Wildman–Crippen LogP) is 4.22. The van der Waals surface area contributed by atoms with Gasteiger partial charge in [0.25, 0.3) is 0 Å². The van der Waals surface area contributed by atoms with E-state index in [9.17, 15) is 4.79 Å². The molecule has 18 heavy (non-hydrogen) atoms. The second kappa shape index (κ2) is 4.42. The molecule has 0 radical (unpaired) electrons. The highest BCUT2D eigenvalue weighted by molar-refractivity contribution is 9.10. The molecule has 0 aliphatic carbocycles. The number of fused-ring (bicyclic) bond motifs is 1. The Kier molecular flexibility index (Phi) is 2.76. The maximum absolute atomic E-state index is 12.0. The summed E-state index contributed by atoms with van der Waals surface area (Å²) in [7, 11) is 0. The molecule has 88 valence electrons. The monoisotopic (exact) mass is 300 g/mol. The van der Waals surface area contributed by atoms with Crippen LogP contribution in [-0.2, 0) is 0 Å². The van der Waals surface area contributed by atoms with Crippen molar-refractivity contribution in [3.05, 3.63) is 69.5 Å². The molecule has 0 aliphatic rings. The quantitative estimate of drug-likeness (QED) is 0.630. The first-order valence-corrected chi connectivity index (χ1v) is 6.33. The highest BCUT2D eigenvalue weighted by Crippen LogP contribution is 2.27. The summed E-state index contributed by atoms with van der Waals surface area (Å²) in [4.78, 5) is 12.0. The highest BCUT2D eigenvalue weighted by Gasteiger charge is 2.09. The molecule has 0 saturated carbocycles. The van der Waals surface area contributed by atoms with E-state index in [1.165, 1.54) is 0 Å². The summed E-state index contributed by atoms with van der Waals surface area (Å²) in [6, 6.07) is 17.0. The Balaban J connectivity index is 2.33. The maximum atomic E-state index is 12.0. The molecule has 0 aliphatic heterocycles. The van der Waals surface area contributed by atoms with Gasteiger partial charge in [-0.3, -0.25) is 0 Å². The van der Waals surface area contributed by atoms with Gasteiger partial charge < -0.3 is 4.42 Å². The Labute approximate surface area is 112 Å². The fraction of sp³-hybridized carbons (Fsp3) is 0. The van der Waals surface area contributed by atoms with E-state index in [0.29, 0.717) is 11.1 Å². The Hall–Kier alpha value is -1.87. The van der Waals surface area contributed by atoms with E-state index >= 15 is 0 Å². The van der Waals surface area contributed by atoms with Crippen LogP contribution in [0, 0.1) is 0 Å². The molecule has 0 saturated heterocycles. The van der Waals surface area contributed by atoms with Gasteiger partial charge in [-0.05, 0) is 18.2 Å². The maximum Gasteiger partial charge on any atom is 0.344 e. The van der Waals surface area contributed by atoms with Gasteiger partial charge in [-0.2, -0.15) is 0 Å². The molecule has 2 aromatic carbocycles. The van der Waals surface area contributed by atoms with Crippen LogP contribution in [0.2, 0.25) is 0 Å². The minimum absolute atomic E-state index is 0.319. The molecule has 0 atom stereocenters. The highest BCUT2D eigenvalue weighted by atomic mass is 79.9. The first-order valence-electron chi connectivity index (χ1n) is 5.53. The van der Waals surface area contributed by atoms with Crippen LogP contribution in [0.3, 0.4) is 0 Å². The summed E-state index contributed by atoms with van der Waals surface area (Å²) >= 11 is 3.45. The van der Waals surface area contributed by atoms with Crippen LogP contribution in [0.4, 0.5) is 0 Å². The summed E-state index contributed by atoms with van der Waals surface area (Å²) in [6.45, 7) is 0. The SMILES string of the molecule is O=c1oc2ccccc2cc1-c1ccccc1Br. The van der Waals surface area contributed by atoms with Gasteiger partial charge in [-0.25, -0.2) is 4.79 Å². The number of hydrogen-bond acceptors (Lipinski definition) is 2. The van der Waals surface area contributed by atoms with Crippen molar-refractivity contribution in [3.63, 3.8) is 0 Å². The normalized spacial score (nSPS) is 10.7. The zero-order chi connectivity index (χ0) is 12.5. The average Bonchev–Trinajstić information content (AvgIpc) is 2.39. The minimum atomic E-state index is -0.319. The molecule has 0 unspecified atom stereocenters. The third kappa shape index (κ3) is 1.87. The van der Waals surface area contributed by atoms with Gasteiger partial charge in [0.2, 0.25) is 0 Å². The van der Waals surface area contributed by atoms with E-state index < -0.39 is 0 Å². The van der Waals surface area contributed by atoms with Crippen LogP contribution >= 0.6 is 15.9 Å². The van der Waals surface area contributed by atoms with Gasteiger partial charge in [0, 0.05) is 15.4 Å². The van der Waals surface area contributed by atoms with Gasteiger partial charge in [-0.1, -0.05) is 52.3 Å². The standard InChI is InChI=1S/C15H9BrO2/c16-13-7-3-2-6-11(13)12-9-10-5-1-4-8-14(10)18-15(12)17/h1-9H. The van der Waals surface area contributed by atoms with Gasteiger partial charge in [-0.15, -0.1) is 0 Å². The first-order chi connectivity index (χ1) is 8.75. The summed E-state index contributed by atoms with van der Waals surface area (Å²) in [5, 5.41) is 0.919. The van der Waals surface area contributed by atoms with Crippen LogP contribution in [0.5, 0.6) is 0 Å². The molecule has 2 nitrogen and oxygen atoms in total. The fourth-order valence-corrected chi connectivity index (χ4v) is 2.43. The molecule has 0 bridgehead atoms. The van der Waals surface area contributed by atoms with Crippen LogP contribution in [0.25, 0.3) is 22.1 Å². The lowest BCUT2D eigenvalue weighted by atomic mass is 10.1. The number of rotatable bonds is 1. The Bertz CT molecular complexity index is 775. The van der Waals surface area contributed by atoms with E-state index in [-0.39, 0.29) is 5.63 Å². The lowest BCUT2D eigenvalue weighted by Gasteiger charge is -2.04. The first kappa shape index (κ1) is 11.2. The lowest BCUT2D eigenvalue weighted by Crippen LogP contribution is -2.02. The molecular weight excluding hydrogens is 292 g/mol. The molecule has 0 amide bonds. The zero-order valence-electron chi connectivity index (χ0n) is 9.39. The number of benzene rings is 2.